The van der Waals surface area contributed by atoms with Crippen LogP contribution in [-0.4, -0.2) is 39.8 Å². The molecule has 0 bridgehead atoms. The van der Waals surface area contributed by atoms with Gasteiger partial charge < -0.3 is 15.2 Å². The fraction of sp³-hybridized carbons (Fsp3) is 0.381. The molecule has 1 aliphatic rings. The molecule has 1 aliphatic heterocycles. The predicted molar refractivity (Wildman–Crippen MR) is 116 cm³/mol. The summed E-state index contributed by atoms with van der Waals surface area (Å²) in [6.07, 6.45) is 5.46. The van der Waals surface area contributed by atoms with Gasteiger partial charge in [0.15, 0.2) is 0 Å². The second-order valence-corrected chi connectivity index (χ2v) is 8.13. The molecule has 2 heterocycles. The number of aromatic amines is 1. The molecule has 0 saturated carbocycles. The normalized spacial score (nSPS) is 16.3. The number of likely N-dealkylation sites (tertiary alicyclic amines) is 1. The molecule has 0 radical (unpaired) electrons. The van der Waals surface area contributed by atoms with Crippen molar-refractivity contribution in [2.45, 2.75) is 39.2 Å². The van der Waals surface area contributed by atoms with Crippen LogP contribution in [0.3, 0.4) is 0 Å². The Morgan fingerprint density at radius 2 is 2.07 bits per heavy atom. The fourth-order valence-corrected chi connectivity index (χ4v) is 3.60. The quantitative estimate of drug-likeness (QED) is 0.519. The zero-order valence-corrected chi connectivity index (χ0v) is 18.0. The van der Waals surface area contributed by atoms with Crippen molar-refractivity contribution < 1.29 is 9.59 Å². The van der Waals surface area contributed by atoms with Crippen molar-refractivity contribution in [2.24, 2.45) is 0 Å². The Morgan fingerprint density at radius 3 is 2.76 bits per heavy atom. The summed E-state index contributed by atoms with van der Waals surface area (Å²) in [6.45, 7) is 5.04. The van der Waals surface area contributed by atoms with Crippen LogP contribution in [0.5, 0.6) is 0 Å². The van der Waals surface area contributed by atoms with E-state index in [0.717, 1.165) is 37.0 Å². The molecule has 29 heavy (non-hydrogen) atoms. The minimum absolute atomic E-state index is 0.0824. The van der Waals surface area contributed by atoms with Crippen molar-refractivity contribution in [3.05, 3.63) is 51.8 Å². The van der Waals surface area contributed by atoms with E-state index >= 15 is 0 Å². The van der Waals surface area contributed by atoms with Gasteiger partial charge >= 0.3 is 0 Å². The van der Waals surface area contributed by atoms with Gasteiger partial charge in [-0.1, -0.05) is 35.4 Å². The largest absolute Gasteiger partial charge is 0.346 e. The number of carbonyl (C=O) groups excluding carboxylic acids is 2. The number of aromatic nitrogens is 2. The van der Waals surface area contributed by atoms with E-state index in [0.29, 0.717) is 21.5 Å². The maximum atomic E-state index is 12.5. The van der Waals surface area contributed by atoms with E-state index in [9.17, 15) is 9.59 Å². The molecule has 1 atom stereocenters. The molecule has 3 rings (SSSR count). The molecule has 1 saturated heterocycles. The highest BCUT2D eigenvalue weighted by Gasteiger charge is 2.21. The second-order valence-electron chi connectivity index (χ2n) is 7.13. The Labute approximate surface area is 180 Å². The highest BCUT2D eigenvalue weighted by molar-refractivity contribution is 6.32. The van der Waals surface area contributed by atoms with Crippen LogP contribution in [0.15, 0.2) is 41.0 Å². The molecule has 0 aliphatic carbocycles. The SMILES string of the molecule is C/C(Cl)=C(\C=C/CC(=O)N[C@@H](C)c1nc2ccc(Cl)cc2[nH]1)C(=O)N1CCCC1. The Kier molecular flexibility index (Phi) is 6.98. The highest BCUT2D eigenvalue weighted by Crippen LogP contribution is 2.20. The van der Waals surface area contributed by atoms with Gasteiger partial charge in [0.25, 0.3) is 5.91 Å². The molecule has 1 aromatic heterocycles. The van der Waals surface area contributed by atoms with Crippen molar-refractivity contribution in [3.63, 3.8) is 0 Å². The first kappa shape index (κ1) is 21.4. The van der Waals surface area contributed by atoms with E-state index in [1.807, 2.05) is 13.0 Å². The molecule has 1 aromatic carbocycles. The molecule has 6 nitrogen and oxygen atoms in total. The van der Waals surface area contributed by atoms with E-state index < -0.39 is 0 Å². The third-order valence-corrected chi connectivity index (χ3v) is 5.27. The summed E-state index contributed by atoms with van der Waals surface area (Å²) in [4.78, 5) is 34.3. The highest BCUT2D eigenvalue weighted by atomic mass is 35.5. The van der Waals surface area contributed by atoms with Crippen LogP contribution in [0.4, 0.5) is 0 Å². The molecular weight excluding hydrogens is 411 g/mol. The van der Waals surface area contributed by atoms with Crippen LogP contribution in [0.25, 0.3) is 11.0 Å². The molecule has 2 N–H and O–H groups in total. The molecule has 0 unspecified atom stereocenters. The smallest absolute Gasteiger partial charge is 0.255 e. The number of imidazole rings is 1. The summed E-state index contributed by atoms with van der Waals surface area (Å²) in [5.74, 6) is 0.398. The van der Waals surface area contributed by atoms with Gasteiger partial charge in [-0.25, -0.2) is 4.98 Å². The van der Waals surface area contributed by atoms with Crippen molar-refractivity contribution in [3.8, 4) is 0 Å². The number of carbonyl (C=O) groups is 2. The van der Waals surface area contributed by atoms with Crippen LogP contribution in [0.1, 0.15) is 45.0 Å². The number of fused-ring (bicyclic) bond motifs is 1. The van der Waals surface area contributed by atoms with Gasteiger partial charge in [-0.3, -0.25) is 9.59 Å². The van der Waals surface area contributed by atoms with Crippen LogP contribution >= 0.6 is 23.2 Å². The number of hydrogen-bond donors (Lipinski definition) is 2. The van der Waals surface area contributed by atoms with E-state index in [-0.39, 0.29) is 24.3 Å². The lowest BCUT2D eigenvalue weighted by Crippen LogP contribution is -2.29. The number of allylic oxidation sites excluding steroid dienone is 1. The average Bonchev–Trinajstić information content (AvgIpc) is 3.33. The Hall–Kier alpha value is -2.31. The standard InChI is InChI=1S/C21H24Cl2N4O2/c1-13(22)16(21(29)27-10-3-4-11-27)6-5-7-19(28)24-14(2)20-25-17-9-8-15(23)12-18(17)26-20/h5-6,8-9,12,14H,3-4,7,10-11H2,1-2H3,(H,24,28)(H,25,26)/b6-5-,16-13-/t14-/m0/s1. The summed E-state index contributed by atoms with van der Waals surface area (Å²) >= 11 is 12.1. The van der Waals surface area contributed by atoms with Gasteiger partial charge in [0.1, 0.15) is 5.82 Å². The minimum atomic E-state index is -0.293. The van der Waals surface area contributed by atoms with Crippen molar-refractivity contribution in [1.29, 1.82) is 0 Å². The summed E-state index contributed by atoms with van der Waals surface area (Å²) in [5, 5.41) is 3.94. The van der Waals surface area contributed by atoms with E-state index in [4.69, 9.17) is 23.2 Å². The van der Waals surface area contributed by atoms with Gasteiger partial charge in [-0.15, -0.1) is 0 Å². The van der Waals surface area contributed by atoms with E-state index in [2.05, 4.69) is 15.3 Å². The number of amides is 2. The number of rotatable bonds is 6. The van der Waals surface area contributed by atoms with Crippen LogP contribution in [-0.2, 0) is 9.59 Å². The zero-order chi connectivity index (χ0) is 21.0. The fourth-order valence-electron chi connectivity index (χ4n) is 3.28. The molecule has 8 heteroatoms. The van der Waals surface area contributed by atoms with Crippen LogP contribution < -0.4 is 5.32 Å². The number of nitrogens with zero attached hydrogens (tertiary/aromatic N) is 2. The summed E-state index contributed by atoms with van der Waals surface area (Å²) < 4.78 is 0. The number of halogens is 2. The number of benzene rings is 1. The number of nitrogens with one attached hydrogen (secondary N) is 2. The van der Waals surface area contributed by atoms with Crippen molar-refractivity contribution >= 4 is 46.0 Å². The summed E-state index contributed by atoms with van der Waals surface area (Å²) in [7, 11) is 0. The lowest BCUT2D eigenvalue weighted by Gasteiger charge is -2.16. The van der Waals surface area contributed by atoms with Gasteiger partial charge in [-0.05, 0) is 44.9 Å². The average molecular weight is 435 g/mol. The van der Waals surface area contributed by atoms with Gasteiger partial charge in [0.05, 0.1) is 22.6 Å². The first-order valence-electron chi connectivity index (χ1n) is 9.62. The summed E-state index contributed by atoms with van der Waals surface area (Å²) in [6, 6.07) is 5.10. The molecule has 154 valence electrons. The van der Waals surface area contributed by atoms with Crippen LogP contribution in [0.2, 0.25) is 5.02 Å². The maximum absolute atomic E-state index is 12.5. The topological polar surface area (TPSA) is 78.1 Å². The predicted octanol–water partition coefficient (Wildman–Crippen LogP) is 4.48. The van der Waals surface area contributed by atoms with E-state index in [1.54, 1.807) is 36.1 Å². The summed E-state index contributed by atoms with van der Waals surface area (Å²) in [5.41, 5.74) is 2.04. The molecule has 2 amide bonds. The minimum Gasteiger partial charge on any atom is -0.346 e. The maximum Gasteiger partial charge on any atom is 0.255 e. The Morgan fingerprint density at radius 1 is 1.34 bits per heavy atom. The molecular formula is C21H24Cl2N4O2. The number of hydrogen-bond acceptors (Lipinski definition) is 3. The Balaban J connectivity index is 1.58. The van der Waals surface area contributed by atoms with E-state index in [1.165, 1.54) is 0 Å². The first-order chi connectivity index (χ1) is 13.8. The lowest BCUT2D eigenvalue weighted by atomic mass is 10.2. The monoisotopic (exact) mass is 434 g/mol. The van der Waals surface area contributed by atoms with Gasteiger partial charge in [0.2, 0.25) is 5.91 Å². The van der Waals surface area contributed by atoms with Crippen molar-refractivity contribution in [2.75, 3.05) is 13.1 Å². The molecule has 2 aromatic rings. The van der Waals surface area contributed by atoms with Gasteiger partial charge in [-0.2, -0.15) is 0 Å². The third kappa shape index (κ3) is 5.40. The second kappa shape index (κ2) is 9.46. The lowest BCUT2D eigenvalue weighted by molar-refractivity contribution is -0.126. The zero-order valence-electron chi connectivity index (χ0n) is 16.5. The third-order valence-electron chi connectivity index (χ3n) is 4.83. The number of H-pyrrole nitrogens is 1. The first-order valence-corrected chi connectivity index (χ1v) is 10.4. The van der Waals surface area contributed by atoms with Crippen molar-refractivity contribution in [1.82, 2.24) is 20.2 Å². The molecule has 1 fully saturated rings. The molecule has 0 spiro atoms. The van der Waals surface area contributed by atoms with Gasteiger partial charge in [0, 0.05) is 29.6 Å². The Bertz CT molecular complexity index is 970. The van der Waals surface area contributed by atoms with Crippen LogP contribution in [0, 0.1) is 0 Å².